The highest BCUT2D eigenvalue weighted by Crippen LogP contribution is 2.41. The first kappa shape index (κ1) is 22.8. The van der Waals surface area contributed by atoms with Crippen LogP contribution in [0.15, 0.2) is 48.5 Å². The number of hydrogen-bond donors (Lipinski definition) is 2. The van der Waals surface area contributed by atoms with Crippen molar-refractivity contribution < 1.29 is 14.3 Å². The summed E-state index contributed by atoms with van der Waals surface area (Å²) < 4.78 is 5.25. The van der Waals surface area contributed by atoms with Crippen LogP contribution in [0, 0.1) is 5.92 Å². The molecule has 0 spiro atoms. The molecule has 0 aromatic heterocycles. The molecule has 0 heterocycles. The van der Waals surface area contributed by atoms with Crippen LogP contribution in [-0.2, 0) is 4.79 Å². The van der Waals surface area contributed by atoms with E-state index in [1.807, 2.05) is 39.0 Å². The Kier molecular flexibility index (Phi) is 7.69. The van der Waals surface area contributed by atoms with Crippen LogP contribution < -0.4 is 15.4 Å². The monoisotopic (exact) mass is 423 g/mol. The van der Waals surface area contributed by atoms with E-state index >= 15 is 0 Å². The van der Waals surface area contributed by atoms with Crippen molar-refractivity contribution in [3.05, 3.63) is 59.7 Å². The van der Waals surface area contributed by atoms with Gasteiger partial charge in [-0.3, -0.25) is 14.9 Å². The van der Waals surface area contributed by atoms with Crippen LogP contribution in [0.1, 0.15) is 55.6 Å². The zero-order valence-corrected chi connectivity index (χ0v) is 18.9. The molecule has 0 bridgehead atoms. The van der Waals surface area contributed by atoms with Gasteiger partial charge in [0.15, 0.2) is 0 Å². The van der Waals surface area contributed by atoms with E-state index in [4.69, 9.17) is 4.74 Å². The van der Waals surface area contributed by atoms with Crippen LogP contribution in [0.4, 0.5) is 5.69 Å². The molecule has 0 saturated heterocycles. The average Bonchev–Trinajstić information content (AvgIpc) is 3.63. The minimum Gasteiger partial charge on any atom is -0.497 e. The van der Waals surface area contributed by atoms with Crippen LogP contribution in [0.2, 0.25) is 0 Å². The molecule has 2 N–H and O–H groups in total. The van der Waals surface area contributed by atoms with Gasteiger partial charge in [-0.25, -0.2) is 0 Å². The van der Waals surface area contributed by atoms with E-state index in [9.17, 15) is 9.59 Å². The number of hydrogen-bond acceptors (Lipinski definition) is 4. The van der Waals surface area contributed by atoms with Crippen molar-refractivity contribution in [2.24, 2.45) is 5.92 Å². The predicted octanol–water partition coefficient (Wildman–Crippen LogP) is 4.25. The molecule has 1 aliphatic rings. The van der Waals surface area contributed by atoms with Gasteiger partial charge in [0.05, 0.1) is 13.2 Å². The summed E-state index contributed by atoms with van der Waals surface area (Å²) in [7, 11) is 1.66. The molecule has 31 heavy (non-hydrogen) atoms. The van der Waals surface area contributed by atoms with Crippen molar-refractivity contribution in [2.45, 2.75) is 45.7 Å². The van der Waals surface area contributed by atoms with Gasteiger partial charge < -0.3 is 15.0 Å². The SMILES string of the molecule is CCN(CC)C(=O)c1cccc(NC(=O)C(C)NC(c2ccc(OC)cc2)C2CC2)c1. The van der Waals surface area contributed by atoms with E-state index in [0.29, 0.717) is 30.3 Å². The Morgan fingerprint density at radius 2 is 1.77 bits per heavy atom. The standard InChI is InChI=1S/C25H33N3O3/c1-5-28(6-2)25(30)20-8-7-9-21(16-20)27-24(29)17(3)26-23(18-10-11-18)19-12-14-22(31-4)15-13-19/h7-9,12-18,23,26H,5-6,10-11H2,1-4H3,(H,27,29). The van der Waals surface area contributed by atoms with Gasteiger partial charge in [-0.05, 0) is 75.4 Å². The van der Waals surface area contributed by atoms with Crippen LogP contribution in [0.5, 0.6) is 5.75 Å². The molecule has 2 atom stereocenters. The molecule has 2 aromatic rings. The highest BCUT2D eigenvalue weighted by atomic mass is 16.5. The first-order valence-electron chi connectivity index (χ1n) is 11.1. The summed E-state index contributed by atoms with van der Waals surface area (Å²) >= 11 is 0. The molecule has 6 nitrogen and oxygen atoms in total. The zero-order chi connectivity index (χ0) is 22.4. The van der Waals surface area contributed by atoms with Crippen molar-refractivity contribution in [1.82, 2.24) is 10.2 Å². The molecular weight excluding hydrogens is 390 g/mol. The maximum absolute atomic E-state index is 12.9. The summed E-state index contributed by atoms with van der Waals surface area (Å²) in [5.74, 6) is 1.22. The summed E-state index contributed by atoms with van der Waals surface area (Å²) in [6, 6.07) is 14.9. The second-order valence-electron chi connectivity index (χ2n) is 8.02. The molecule has 166 valence electrons. The molecule has 2 amide bonds. The Morgan fingerprint density at radius 1 is 1.10 bits per heavy atom. The highest BCUT2D eigenvalue weighted by molar-refractivity contribution is 5.98. The van der Waals surface area contributed by atoms with Crippen molar-refractivity contribution in [1.29, 1.82) is 0 Å². The van der Waals surface area contributed by atoms with Gasteiger partial charge >= 0.3 is 0 Å². The molecule has 2 aromatic carbocycles. The van der Waals surface area contributed by atoms with Gasteiger partial charge in [0, 0.05) is 30.4 Å². The number of rotatable bonds is 10. The summed E-state index contributed by atoms with van der Waals surface area (Å²) in [6.45, 7) is 7.10. The van der Waals surface area contributed by atoms with Crippen molar-refractivity contribution in [3.8, 4) is 5.75 Å². The number of benzene rings is 2. The first-order valence-corrected chi connectivity index (χ1v) is 11.1. The number of methoxy groups -OCH3 is 1. The minimum absolute atomic E-state index is 0.0272. The van der Waals surface area contributed by atoms with E-state index in [1.54, 1.807) is 30.2 Å². The molecule has 3 rings (SSSR count). The highest BCUT2D eigenvalue weighted by Gasteiger charge is 2.34. The van der Waals surface area contributed by atoms with E-state index in [-0.39, 0.29) is 23.9 Å². The lowest BCUT2D eigenvalue weighted by atomic mass is 10.0. The minimum atomic E-state index is -0.380. The maximum atomic E-state index is 12.9. The molecule has 1 aliphatic carbocycles. The van der Waals surface area contributed by atoms with E-state index in [0.717, 1.165) is 24.2 Å². The van der Waals surface area contributed by atoms with Crippen molar-refractivity contribution in [2.75, 3.05) is 25.5 Å². The fourth-order valence-corrected chi connectivity index (χ4v) is 3.76. The lowest BCUT2D eigenvalue weighted by Gasteiger charge is -2.24. The molecular formula is C25H33N3O3. The largest absolute Gasteiger partial charge is 0.497 e. The number of carbonyl (C=O) groups excluding carboxylic acids is 2. The fourth-order valence-electron chi connectivity index (χ4n) is 3.76. The topological polar surface area (TPSA) is 70.7 Å². The van der Waals surface area contributed by atoms with Gasteiger partial charge in [0.1, 0.15) is 5.75 Å². The van der Waals surface area contributed by atoms with Crippen LogP contribution >= 0.6 is 0 Å². The third-order valence-electron chi connectivity index (χ3n) is 5.82. The zero-order valence-electron chi connectivity index (χ0n) is 18.9. The van der Waals surface area contributed by atoms with Crippen molar-refractivity contribution >= 4 is 17.5 Å². The number of amides is 2. The Labute approximate surface area is 185 Å². The second kappa shape index (κ2) is 10.4. The van der Waals surface area contributed by atoms with Gasteiger partial charge in [0.25, 0.3) is 5.91 Å². The van der Waals surface area contributed by atoms with E-state index in [1.165, 1.54) is 0 Å². The van der Waals surface area contributed by atoms with Gasteiger partial charge in [0.2, 0.25) is 5.91 Å². The number of nitrogens with zero attached hydrogens (tertiary/aromatic N) is 1. The fraction of sp³-hybridized carbons (Fsp3) is 0.440. The van der Waals surface area contributed by atoms with Gasteiger partial charge in [-0.1, -0.05) is 18.2 Å². The Balaban J connectivity index is 1.65. The summed E-state index contributed by atoms with van der Waals surface area (Å²) in [4.78, 5) is 27.2. The normalized spacial score (nSPS) is 15.1. The van der Waals surface area contributed by atoms with Gasteiger partial charge in [-0.2, -0.15) is 0 Å². The van der Waals surface area contributed by atoms with Crippen LogP contribution in [0.3, 0.4) is 0 Å². The lowest BCUT2D eigenvalue weighted by Crippen LogP contribution is -2.41. The summed E-state index contributed by atoms with van der Waals surface area (Å²) in [6.07, 6.45) is 2.32. The molecule has 6 heteroatoms. The van der Waals surface area contributed by atoms with Crippen LogP contribution in [-0.4, -0.2) is 43.0 Å². The predicted molar refractivity (Wildman–Crippen MR) is 123 cm³/mol. The second-order valence-corrected chi connectivity index (χ2v) is 8.02. The summed E-state index contributed by atoms with van der Waals surface area (Å²) in [5, 5.41) is 6.45. The van der Waals surface area contributed by atoms with Crippen molar-refractivity contribution in [3.63, 3.8) is 0 Å². The number of nitrogens with one attached hydrogen (secondary N) is 2. The molecule has 0 radical (unpaired) electrons. The molecule has 2 unspecified atom stereocenters. The smallest absolute Gasteiger partial charge is 0.253 e. The number of ether oxygens (including phenoxy) is 1. The quantitative estimate of drug-likeness (QED) is 0.600. The molecule has 0 aliphatic heterocycles. The Bertz CT molecular complexity index is 889. The number of carbonyl (C=O) groups is 2. The summed E-state index contributed by atoms with van der Waals surface area (Å²) in [5.41, 5.74) is 2.37. The third-order valence-corrected chi connectivity index (χ3v) is 5.82. The maximum Gasteiger partial charge on any atom is 0.253 e. The lowest BCUT2D eigenvalue weighted by molar-refractivity contribution is -0.118. The van der Waals surface area contributed by atoms with E-state index < -0.39 is 0 Å². The number of anilines is 1. The van der Waals surface area contributed by atoms with Gasteiger partial charge in [-0.15, -0.1) is 0 Å². The van der Waals surface area contributed by atoms with Crippen LogP contribution in [0.25, 0.3) is 0 Å². The Morgan fingerprint density at radius 3 is 2.35 bits per heavy atom. The third kappa shape index (κ3) is 5.85. The first-order chi connectivity index (χ1) is 15.0. The molecule has 1 fully saturated rings. The van der Waals surface area contributed by atoms with E-state index in [2.05, 4.69) is 22.8 Å². The Hall–Kier alpha value is -2.86. The average molecular weight is 424 g/mol. The molecule has 1 saturated carbocycles.